The van der Waals surface area contributed by atoms with Crippen molar-refractivity contribution >= 4 is 33.2 Å². The van der Waals surface area contributed by atoms with Crippen LogP contribution < -0.4 is 5.32 Å². The molecule has 1 fully saturated rings. The van der Waals surface area contributed by atoms with E-state index in [4.69, 9.17) is 0 Å². The lowest BCUT2D eigenvalue weighted by molar-refractivity contribution is -0.123. The smallest absolute Gasteiger partial charge is 0.227 e. The number of carbonyl (C=O) groups is 1. The Bertz CT molecular complexity index is 452. The van der Waals surface area contributed by atoms with E-state index in [2.05, 4.69) is 32.7 Å². The van der Waals surface area contributed by atoms with E-state index < -0.39 is 0 Å². The molecular weight excluding hydrogens is 310 g/mol. The Labute approximate surface area is 120 Å². The van der Waals surface area contributed by atoms with Gasteiger partial charge in [-0.3, -0.25) is 4.79 Å². The maximum Gasteiger partial charge on any atom is 0.227 e. The average Bonchev–Trinajstić information content (AvgIpc) is 3.03. The van der Waals surface area contributed by atoms with Crippen LogP contribution in [0, 0.1) is 5.41 Å². The first-order valence-corrected chi connectivity index (χ1v) is 8.64. The quantitative estimate of drug-likeness (QED) is 0.843. The molecule has 1 aromatic rings. The normalized spacial score (nSPS) is 24.4. The minimum absolute atomic E-state index is 0.103. The summed E-state index contributed by atoms with van der Waals surface area (Å²) in [5, 5.41) is 6.30. The predicted molar refractivity (Wildman–Crippen MR) is 78.5 cm³/mol. The molecule has 2 aliphatic carbocycles. The van der Waals surface area contributed by atoms with Gasteiger partial charge in [0.25, 0.3) is 0 Å². The number of halogens is 1. The van der Waals surface area contributed by atoms with E-state index in [-0.39, 0.29) is 11.8 Å². The number of nitrogens with one attached hydrogen (secondary N) is 1. The van der Waals surface area contributed by atoms with Crippen LogP contribution in [0.1, 0.15) is 42.0 Å². The van der Waals surface area contributed by atoms with Crippen molar-refractivity contribution < 1.29 is 4.79 Å². The molecule has 0 saturated heterocycles. The second-order valence-electron chi connectivity index (χ2n) is 5.60. The fourth-order valence-electron chi connectivity index (χ4n) is 2.69. The molecule has 4 heteroatoms. The highest BCUT2D eigenvalue weighted by atomic mass is 79.9. The number of hydrogen-bond acceptors (Lipinski definition) is 2. The van der Waals surface area contributed by atoms with Crippen molar-refractivity contribution in [2.75, 3.05) is 11.9 Å². The van der Waals surface area contributed by atoms with E-state index >= 15 is 0 Å². The summed E-state index contributed by atoms with van der Waals surface area (Å²) in [6.45, 7) is 0.840. The van der Waals surface area contributed by atoms with Gasteiger partial charge in [-0.15, -0.1) is 11.3 Å². The molecule has 1 saturated carbocycles. The van der Waals surface area contributed by atoms with E-state index in [9.17, 15) is 4.79 Å². The van der Waals surface area contributed by atoms with Crippen LogP contribution in [-0.4, -0.2) is 17.8 Å². The summed E-state index contributed by atoms with van der Waals surface area (Å²) < 4.78 is 0. The number of fused-ring (bicyclic) bond motifs is 1. The van der Waals surface area contributed by atoms with Gasteiger partial charge < -0.3 is 5.32 Å². The Morgan fingerprint density at radius 2 is 2.39 bits per heavy atom. The summed E-state index contributed by atoms with van der Waals surface area (Å²) >= 11 is 5.35. The number of carbonyl (C=O) groups excluding carboxylic acids is 1. The summed E-state index contributed by atoms with van der Waals surface area (Å²) in [6.07, 6.45) is 5.80. The fraction of sp³-hybridized carbons (Fsp3) is 0.643. The monoisotopic (exact) mass is 327 g/mol. The van der Waals surface area contributed by atoms with Crippen molar-refractivity contribution in [2.45, 2.75) is 38.0 Å². The van der Waals surface area contributed by atoms with E-state index in [0.717, 1.165) is 31.1 Å². The molecule has 0 spiro atoms. The van der Waals surface area contributed by atoms with Crippen molar-refractivity contribution in [1.82, 2.24) is 5.32 Å². The fourth-order valence-corrected chi connectivity index (χ4v) is 4.44. The average molecular weight is 328 g/mol. The standard InChI is InChI=1S/C14H18BrNOS/c15-8-14(5-6-14)9-16-13(17)11-2-1-3-12-10(11)4-7-18-12/h4,7,11H,1-3,5-6,8-9H2,(H,16,17). The molecule has 3 rings (SSSR count). The van der Waals surface area contributed by atoms with Gasteiger partial charge in [-0.1, -0.05) is 15.9 Å². The second-order valence-corrected chi connectivity index (χ2v) is 7.16. The highest BCUT2D eigenvalue weighted by Gasteiger charge is 2.42. The van der Waals surface area contributed by atoms with Crippen LogP contribution in [0.4, 0.5) is 0 Å². The zero-order valence-electron chi connectivity index (χ0n) is 10.4. The van der Waals surface area contributed by atoms with E-state index in [1.54, 1.807) is 11.3 Å². The lowest BCUT2D eigenvalue weighted by Crippen LogP contribution is -2.35. The molecule has 0 aliphatic heterocycles. The summed E-state index contributed by atoms with van der Waals surface area (Å²) in [5.41, 5.74) is 1.65. The maximum atomic E-state index is 12.3. The van der Waals surface area contributed by atoms with Crippen molar-refractivity contribution in [2.24, 2.45) is 5.41 Å². The molecule has 1 unspecified atom stereocenters. The van der Waals surface area contributed by atoms with Crippen LogP contribution in [0.2, 0.25) is 0 Å². The summed E-state index contributed by atoms with van der Waals surface area (Å²) in [4.78, 5) is 13.7. The molecule has 0 bridgehead atoms. The van der Waals surface area contributed by atoms with Gasteiger partial charge in [-0.05, 0) is 54.5 Å². The minimum Gasteiger partial charge on any atom is -0.355 e. The van der Waals surface area contributed by atoms with Crippen LogP contribution in [0.15, 0.2) is 11.4 Å². The van der Waals surface area contributed by atoms with Crippen molar-refractivity contribution in [3.63, 3.8) is 0 Å². The van der Waals surface area contributed by atoms with E-state index in [1.165, 1.54) is 23.3 Å². The first-order chi connectivity index (χ1) is 8.74. The van der Waals surface area contributed by atoms with Crippen LogP contribution in [-0.2, 0) is 11.2 Å². The number of thiophene rings is 1. The molecule has 18 heavy (non-hydrogen) atoms. The van der Waals surface area contributed by atoms with E-state index in [0.29, 0.717) is 5.41 Å². The highest BCUT2D eigenvalue weighted by Crippen LogP contribution is 2.46. The Morgan fingerprint density at radius 3 is 3.11 bits per heavy atom. The summed E-state index contributed by atoms with van der Waals surface area (Å²) in [6, 6.07) is 2.14. The predicted octanol–water partition coefficient (Wildman–Crippen LogP) is 3.46. The molecule has 0 radical (unpaired) electrons. The Kier molecular flexibility index (Phi) is 3.50. The minimum atomic E-state index is 0.103. The van der Waals surface area contributed by atoms with Gasteiger partial charge in [0.05, 0.1) is 5.92 Å². The van der Waals surface area contributed by atoms with E-state index in [1.807, 2.05) is 0 Å². The molecule has 2 nitrogen and oxygen atoms in total. The summed E-state index contributed by atoms with van der Waals surface area (Å²) in [5.74, 6) is 0.340. The first kappa shape index (κ1) is 12.7. The van der Waals surface area contributed by atoms with Crippen molar-refractivity contribution in [1.29, 1.82) is 0 Å². The third-order valence-electron chi connectivity index (χ3n) is 4.25. The van der Waals surface area contributed by atoms with Gasteiger partial charge in [-0.25, -0.2) is 0 Å². The number of amides is 1. The van der Waals surface area contributed by atoms with Gasteiger partial charge in [0.15, 0.2) is 0 Å². The molecule has 1 aromatic heterocycles. The van der Waals surface area contributed by atoms with Gasteiger partial charge in [0, 0.05) is 16.8 Å². The number of aryl methyl sites for hydroxylation is 1. The highest BCUT2D eigenvalue weighted by molar-refractivity contribution is 9.09. The van der Waals surface area contributed by atoms with Crippen LogP contribution in [0.25, 0.3) is 0 Å². The lowest BCUT2D eigenvalue weighted by atomic mass is 9.87. The summed E-state index contributed by atoms with van der Waals surface area (Å²) in [7, 11) is 0. The Morgan fingerprint density at radius 1 is 1.56 bits per heavy atom. The zero-order chi connectivity index (χ0) is 12.6. The third kappa shape index (κ3) is 2.37. The number of rotatable bonds is 4. The lowest BCUT2D eigenvalue weighted by Gasteiger charge is -2.23. The molecule has 98 valence electrons. The van der Waals surface area contributed by atoms with Gasteiger partial charge in [0.1, 0.15) is 0 Å². The molecule has 1 N–H and O–H groups in total. The number of alkyl halides is 1. The molecule has 0 aromatic carbocycles. The van der Waals surface area contributed by atoms with Gasteiger partial charge in [-0.2, -0.15) is 0 Å². The Balaban J connectivity index is 1.64. The molecule has 1 amide bonds. The molecule has 1 atom stereocenters. The second kappa shape index (κ2) is 4.97. The van der Waals surface area contributed by atoms with Crippen LogP contribution in [0.3, 0.4) is 0 Å². The molecular formula is C14H18BrNOS. The van der Waals surface area contributed by atoms with Crippen molar-refractivity contribution in [3.8, 4) is 0 Å². The Hall–Kier alpha value is -0.350. The largest absolute Gasteiger partial charge is 0.355 e. The van der Waals surface area contributed by atoms with Gasteiger partial charge in [0.2, 0.25) is 5.91 Å². The SMILES string of the molecule is O=C(NCC1(CBr)CC1)C1CCCc2sccc21. The van der Waals surface area contributed by atoms with Crippen LogP contribution >= 0.6 is 27.3 Å². The van der Waals surface area contributed by atoms with Gasteiger partial charge >= 0.3 is 0 Å². The first-order valence-electron chi connectivity index (χ1n) is 6.64. The zero-order valence-corrected chi connectivity index (χ0v) is 12.8. The molecule has 2 aliphatic rings. The van der Waals surface area contributed by atoms with Crippen molar-refractivity contribution in [3.05, 3.63) is 21.9 Å². The third-order valence-corrected chi connectivity index (χ3v) is 6.43. The number of hydrogen-bond donors (Lipinski definition) is 1. The topological polar surface area (TPSA) is 29.1 Å². The maximum absolute atomic E-state index is 12.3. The van der Waals surface area contributed by atoms with Crippen LogP contribution in [0.5, 0.6) is 0 Å². The molecule has 1 heterocycles.